The number of hydrogen-bond acceptors (Lipinski definition) is 3. The molecule has 0 bridgehead atoms. The summed E-state index contributed by atoms with van der Waals surface area (Å²) in [6.45, 7) is 0. The third-order valence-corrected chi connectivity index (χ3v) is 3.06. The van der Waals surface area contributed by atoms with Crippen molar-refractivity contribution in [2.45, 2.75) is 9.79 Å². The lowest BCUT2D eigenvalue weighted by atomic mass is 10.2. The van der Waals surface area contributed by atoms with Gasteiger partial charge in [0.25, 0.3) is 0 Å². The Morgan fingerprint density at radius 2 is 1.75 bits per heavy atom. The van der Waals surface area contributed by atoms with Gasteiger partial charge in [-0.15, -0.1) is 0 Å². The number of benzene rings is 2. The number of phenols is 1. The van der Waals surface area contributed by atoms with Crippen molar-refractivity contribution in [2.24, 2.45) is 0 Å². The fourth-order valence-electron chi connectivity index (χ4n) is 1.29. The third kappa shape index (κ3) is 2.36. The van der Waals surface area contributed by atoms with Crippen LogP contribution in [0.5, 0.6) is 5.75 Å². The highest BCUT2D eigenvalue weighted by molar-refractivity contribution is 7.99. The van der Waals surface area contributed by atoms with Gasteiger partial charge in [0, 0.05) is 9.79 Å². The van der Waals surface area contributed by atoms with Crippen molar-refractivity contribution >= 4 is 11.8 Å². The molecule has 0 fully saturated rings. The van der Waals surface area contributed by atoms with Gasteiger partial charge in [-0.1, -0.05) is 30.0 Å². The topological polar surface area (TPSA) is 44.0 Å². The Morgan fingerprint density at radius 1 is 1.00 bits per heavy atom. The Balaban J connectivity index is 2.27. The highest BCUT2D eigenvalue weighted by atomic mass is 32.2. The third-order valence-electron chi connectivity index (χ3n) is 2.07. The average Bonchev–Trinajstić information content (AvgIpc) is 2.33. The number of nitriles is 1. The van der Waals surface area contributed by atoms with Crippen molar-refractivity contribution < 1.29 is 5.11 Å². The zero-order valence-corrected chi connectivity index (χ0v) is 9.24. The maximum atomic E-state index is 9.37. The second kappa shape index (κ2) is 4.73. The van der Waals surface area contributed by atoms with E-state index >= 15 is 0 Å². The maximum Gasteiger partial charge on any atom is 0.133 e. The number of hydrogen-bond donors (Lipinski definition) is 1. The number of nitrogens with zero attached hydrogens (tertiary/aromatic N) is 1. The van der Waals surface area contributed by atoms with Crippen molar-refractivity contribution in [3.8, 4) is 11.8 Å². The van der Waals surface area contributed by atoms with Crippen molar-refractivity contribution in [3.63, 3.8) is 0 Å². The fraction of sp³-hybridized carbons (Fsp3) is 0. The van der Waals surface area contributed by atoms with Crippen LogP contribution in [0, 0.1) is 11.3 Å². The first-order valence-corrected chi connectivity index (χ1v) is 5.57. The first-order valence-electron chi connectivity index (χ1n) is 4.75. The zero-order chi connectivity index (χ0) is 11.4. The van der Waals surface area contributed by atoms with Crippen molar-refractivity contribution in [1.82, 2.24) is 0 Å². The number of aromatic hydroxyl groups is 1. The molecule has 0 saturated carbocycles. The van der Waals surface area contributed by atoms with Crippen molar-refractivity contribution in [3.05, 3.63) is 54.1 Å². The molecule has 0 aliphatic heterocycles. The summed E-state index contributed by atoms with van der Waals surface area (Å²) in [6, 6.07) is 16.9. The molecule has 2 nitrogen and oxygen atoms in total. The van der Waals surface area contributed by atoms with Gasteiger partial charge in [0.1, 0.15) is 11.8 Å². The smallest absolute Gasteiger partial charge is 0.133 e. The van der Waals surface area contributed by atoms with Crippen LogP contribution in [0.2, 0.25) is 0 Å². The largest absolute Gasteiger partial charge is 0.507 e. The van der Waals surface area contributed by atoms with Gasteiger partial charge in [-0.2, -0.15) is 5.26 Å². The molecule has 0 amide bonds. The SMILES string of the molecule is N#Cc1cc(Sc2ccccc2)ccc1O. The Morgan fingerprint density at radius 3 is 2.44 bits per heavy atom. The van der Waals surface area contributed by atoms with Crippen LogP contribution < -0.4 is 0 Å². The minimum absolute atomic E-state index is 0.0277. The van der Waals surface area contributed by atoms with E-state index in [1.807, 2.05) is 36.4 Å². The lowest BCUT2D eigenvalue weighted by Gasteiger charge is -2.02. The Labute approximate surface area is 98.2 Å². The molecule has 0 saturated heterocycles. The number of rotatable bonds is 2. The predicted molar refractivity (Wildman–Crippen MR) is 63.4 cm³/mol. The first-order chi connectivity index (χ1) is 7.79. The van der Waals surface area contributed by atoms with Crippen LogP contribution in [0.4, 0.5) is 0 Å². The van der Waals surface area contributed by atoms with Gasteiger partial charge < -0.3 is 5.11 Å². The molecule has 1 N–H and O–H groups in total. The molecule has 0 atom stereocenters. The lowest BCUT2D eigenvalue weighted by molar-refractivity contribution is 0.473. The van der Waals surface area contributed by atoms with Crippen LogP contribution >= 0.6 is 11.8 Å². The van der Waals surface area contributed by atoms with Gasteiger partial charge in [-0.25, -0.2) is 0 Å². The van der Waals surface area contributed by atoms with E-state index < -0.39 is 0 Å². The minimum atomic E-state index is 0.0277. The van der Waals surface area contributed by atoms with E-state index in [1.54, 1.807) is 30.0 Å². The Kier molecular flexibility index (Phi) is 3.13. The molecule has 16 heavy (non-hydrogen) atoms. The summed E-state index contributed by atoms with van der Waals surface area (Å²) >= 11 is 1.56. The van der Waals surface area contributed by atoms with Crippen LogP contribution in [-0.4, -0.2) is 5.11 Å². The molecule has 0 radical (unpaired) electrons. The van der Waals surface area contributed by atoms with E-state index in [1.165, 1.54) is 0 Å². The van der Waals surface area contributed by atoms with Gasteiger partial charge in [0.2, 0.25) is 0 Å². The molecular weight excluding hydrogens is 218 g/mol. The van der Waals surface area contributed by atoms with E-state index in [4.69, 9.17) is 5.26 Å². The molecule has 2 rings (SSSR count). The van der Waals surface area contributed by atoms with Gasteiger partial charge in [0.15, 0.2) is 0 Å². The molecule has 2 aromatic carbocycles. The molecule has 0 unspecified atom stereocenters. The molecule has 78 valence electrons. The molecule has 0 aliphatic rings. The van der Waals surface area contributed by atoms with Crippen LogP contribution in [-0.2, 0) is 0 Å². The summed E-state index contributed by atoms with van der Waals surface area (Å²) in [5.41, 5.74) is 0.306. The normalized spacial score (nSPS) is 9.69. The van der Waals surface area contributed by atoms with E-state index in [0.717, 1.165) is 9.79 Å². The molecule has 0 heterocycles. The van der Waals surface area contributed by atoms with Crippen LogP contribution in [0.1, 0.15) is 5.56 Å². The molecule has 0 spiro atoms. The summed E-state index contributed by atoms with van der Waals surface area (Å²) in [4.78, 5) is 2.05. The predicted octanol–water partition coefficient (Wildman–Crippen LogP) is 3.42. The van der Waals surface area contributed by atoms with Gasteiger partial charge >= 0.3 is 0 Å². The second-order valence-electron chi connectivity index (χ2n) is 3.21. The Bertz CT molecular complexity index is 531. The Hall–Kier alpha value is -1.92. The first kappa shape index (κ1) is 10.6. The van der Waals surface area contributed by atoms with Gasteiger partial charge in [0.05, 0.1) is 5.56 Å². The molecular formula is C13H9NOS. The van der Waals surface area contributed by atoms with E-state index in [9.17, 15) is 5.11 Å². The van der Waals surface area contributed by atoms with Crippen molar-refractivity contribution in [1.29, 1.82) is 5.26 Å². The lowest BCUT2D eigenvalue weighted by Crippen LogP contribution is -1.78. The number of phenolic OH excluding ortho intramolecular Hbond substituents is 1. The maximum absolute atomic E-state index is 9.37. The van der Waals surface area contributed by atoms with Crippen LogP contribution in [0.25, 0.3) is 0 Å². The molecule has 3 heteroatoms. The minimum Gasteiger partial charge on any atom is -0.507 e. The highest BCUT2D eigenvalue weighted by Crippen LogP contribution is 2.30. The highest BCUT2D eigenvalue weighted by Gasteiger charge is 2.02. The van der Waals surface area contributed by atoms with Gasteiger partial charge in [-0.05, 0) is 30.3 Å². The monoisotopic (exact) mass is 227 g/mol. The summed E-state index contributed by atoms with van der Waals surface area (Å²) in [5.74, 6) is 0.0277. The summed E-state index contributed by atoms with van der Waals surface area (Å²) < 4.78 is 0. The summed E-state index contributed by atoms with van der Waals surface area (Å²) in [5, 5.41) is 18.2. The van der Waals surface area contributed by atoms with E-state index in [-0.39, 0.29) is 5.75 Å². The van der Waals surface area contributed by atoms with E-state index in [2.05, 4.69) is 0 Å². The standard InChI is InChI=1S/C13H9NOS/c14-9-10-8-12(6-7-13(10)15)16-11-4-2-1-3-5-11/h1-8,15H. The van der Waals surface area contributed by atoms with Gasteiger partial charge in [-0.3, -0.25) is 0 Å². The van der Waals surface area contributed by atoms with Crippen molar-refractivity contribution in [2.75, 3.05) is 0 Å². The molecule has 0 aliphatic carbocycles. The molecule has 0 aromatic heterocycles. The van der Waals surface area contributed by atoms with E-state index in [0.29, 0.717) is 5.56 Å². The fourth-order valence-corrected chi connectivity index (χ4v) is 2.17. The zero-order valence-electron chi connectivity index (χ0n) is 8.42. The average molecular weight is 227 g/mol. The summed E-state index contributed by atoms with van der Waals surface area (Å²) in [7, 11) is 0. The van der Waals surface area contributed by atoms with Crippen LogP contribution in [0.15, 0.2) is 58.3 Å². The molecule has 2 aromatic rings. The summed E-state index contributed by atoms with van der Waals surface area (Å²) in [6.07, 6.45) is 0. The quantitative estimate of drug-likeness (QED) is 0.855. The second-order valence-corrected chi connectivity index (χ2v) is 4.35. The van der Waals surface area contributed by atoms with Crippen LogP contribution in [0.3, 0.4) is 0 Å².